The van der Waals surface area contributed by atoms with E-state index in [9.17, 15) is 9.50 Å². The topological polar surface area (TPSA) is 72.8 Å². The summed E-state index contributed by atoms with van der Waals surface area (Å²) in [5, 5.41) is 12.8. The maximum Gasteiger partial charge on any atom is 0.189 e. The number of pyridine rings is 1. The number of nitrogens with zero attached hydrogens (tertiary/aromatic N) is 1. The zero-order valence-corrected chi connectivity index (χ0v) is 13.2. The van der Waals surface area contributed by atoms with E-state index in [2.05, 4.69) is 10.3 Å². The van der Waals surface area contributed by atoms with Gasteiger partial charge in [0.25, 0.3) is 0 Å². The van der Waals surface area contributed by atoms with Crippen LogP contribution in [0.5, 0.6) is 0 Å². The second-order valence-corrected chi connectivity index (χ2v) is 5.75. The SMILES string of the molecule is Cc1nc2c(cc1F)CNC(OCCO[C@@H]1C(O)CO[C@@H]1C)=C2. The molecule has 3 atom stereocenters. The van der Waals surface area contributed by atoms with Crippen LogP contribution >= 0.6 is 0 Å². The van der Waals surface area contributed by atoms with Gasteiger partial charge in [0.1, 0.15) is 24.6 Å². The first kappa shape index (κ1) is 16.2. The standard InChI is InChI=1S/C16H21FN2O4/c1-9-12(17)5-11-7-18-15(6-13(11)19-9)21-3-4-22-16-10(2)23-8-14(16)20/h5-6,10,14,16,18,20H,3-4,7-8H2,1-2H3/t10-,14?,16+/m1/s1. The monoisotopic (exact) mass is 324 g/mol. The molecule has 3 heterocycles. The van der Waals surface area contributed by atoms with E-state index in [1.807, 2.05) is 6.92 Å². The maximum atomic E-state index is 13.5. The first-order valence-corrected chi connectivity index (χ1v) is 7.70. The van der Waals surface area contributed by atoms with Crippen molar-refractivity contribution >= 4 is 6.08 Å². The maximum absolute atomic E-state index is 13.5. The largest absolute Gasteiger partial charge is 0.477 e. The summed E-state index contributed by atoms with van der Waals surface area (Å²) in [4.78, 5) is 4.22. The summed E-state index contributed by atoms with van der Waals surface area (Å²) in [6, 6.07) is 1.49. The molecule has 1 aromatic heterocycles. The van der Waals surface area contributed by atoms with Gasteiger partial charge in [-0.05, 0) is 19.9 Å². The number of nitrogens with one attached hydrogen (secondary N) is 1. The van der Waals surface area contributed by atoms with Crippen molar-refractivity contribution in [1.29, 1.82) is 0 Å². The van der Waals surface area contributed by atoms with Crippen molar-refractivity contribution in [3.8, 4) is 0 Å². The molecule has 0 radical (unpaired) electrons. The summed E-state index contributed by atoms with van der Waals surface area (Å²) in [6.45, 7) is 4.96. The summed E-state index contributed by atoms with van der Waals surface area (Å²) in [5.74, 6) is 0.277. The highest BCUT2D eigenvalue weighted by atomic mass is 19.1. The number of rotatable bonds is 5. The molecule has 0 amide bonds. The van der Waals surface area contributed by atoms with Crippen LogP contribution < -0.4 is 5.32 Å². The van der Waals surface area contributed by atoms with Gasteiger partial charge in [0.15, 0.2) is 5.88 Å². The molecule has 126 valence electrons. The normalized spacial score (nSPS) is 26.4. The number of halogens is 1. The molecule has 1 saturated heterocycles. The molecule has 0 spiro atoms. The van der Waals surface area contributed by atoms with Crippen molar-refractivity contribution in [3.05, 3.63) is 34.7 Å². The minimum Gasteiger partial charge on any atom is -0.477 e. The molecule has 0 bridgehead atoms. The molecule has 1 fully saturated rings. The number of aliphatic hydroxyl groups is 1. The quantitative estimate of drug-likeness (QED) is 0.791. The Morgan fingerprint density at radius 1 is 1.48 bits per heavy atom. The van der Waals surface area contributed by atoms with E-state index >= 15 is 0 Å². The van der Waals surface area contributed by atoms with E-state index in [1.54, 1.807) is 13.0 Å². The molecule has 7 heteroatoms. The molecule has 2 aliphatic rings. The van der Waals surface area contributed by atoms with Gasteiger partial charge in [0.2, 0.25) is 0 Å². The van der Waals surface area contributed by atoms with Crippen molar-refractivity contribution < 1.29 is 23.7 Å². The van der Waals surface area contributed by atoms with Crippen molar-refractivity contribution in [3.63, 3.8) is 0 Å². The van der Waals surface area contributed by atoms with Gasteiger partial charge >= 0.3 is 0 Å². The lowest BCUT2D eigenvalue weighted by Gasteiger charge is -2.21. The minimum absolute atomic E-state index is 0.119. The zero-order valence-electron chi connectivity index (χ0n) is 13.2. The van der Waals surface area contributed by atoms with E-state index in [0.29, 0.717) is 43.6 Å². The molecule has 23 heavy (non-hydrogen) atoms. The van der Waals surface area contributed by atoms with Gasteiger partial charge in [-0.3, -0.25) is 4.98 Å². The van der Waals surface area contributed by atoms with E-state index in [1.165, 1.54) is 6.07 Å². The van der Waals surface area contributed by atoms with E-state index in [0.717, 1.165) is 5.56 Å². The third kappa shape index (κ3) is 3.63. The fourth-order valence-corrected chi connectivity index (χ4v) is 2.69. The van der Waals surface area contributed by atoms with Crippen LogP contribution in [0.4, 0.5) is 4.39 Å². The van der Waals surface area contributed by atoms with Gasteiger partial charge in [-0.1, -0.05) is 0 Å². The van der Waals surface area contributed by atoms with Crippen LogP contribution in [-0.4, -0.2) is 48.2 Å². The molecule has 0 aliphatic carbocycles. The lowest BCUT2D eigenvalue weighted by atomic mass is 10.1. The Hall–Kier alpha value is -1.70. The van der Waals surface area contributed by atoms with Gasteiger partial charge < -0.3 is 24.6 Å². The Bertz CT molecular complexity index is 598. The summed E-state index contributed by atoms with van der Waals surface area (Å²) < 4.78 is 30.0. The Morgan fingerprint density at radius 3 is 3.04 bits per heavy atom. The minimum atomic E-state index is -0.592. The number of hydrogen-bond donors (Lipinski definition) is 2. The number of hydrogen-bond acceptors (Lipinski definition) is 6. The van der Waals surface area contributed by atoms with Crippen LogP contribution in [0.3, 0.4) is 0 Å². The van der Waals surface area contributed by atoms with Gasteiger partial charge in [-0.2, -0.15) is 0 Å². The lowest BCUT2D eigenvalue weighted by Crippen LogP contribution is -2.33. The molecular weight excluding hydrogens is 303 g/mol. The van der Waals surface area contributed by atoms with Gasteiger partial charge in [-0.25, -0.2) is 4.39 Å². The highest BCUT2D eigenvalue weighted by molar-refractivity contribution is 5.54. The van der Waals surface area contributed by atoms with E-state index < -0.39 is 6.10 Å². The predicted octanol–water partition coefficient (Wildman–Crippen LogP) is 1.11. The summed E-state index contributed by atoms with van der Waals surface area (Å²) in [6.07, 6.45) is 0.721. The lowest BCUT2D eigenvalue weighted by molar-refractivity contribution is -0.0469. The van der Waals surface area contributed by atoms with Crippen molar-refractivity contribution in [2.75, 3.05) is 19.8 Å². The Labute approximate surface area is 134 Å². The molecule has 1 aromatic rings. The van der Waals surface area contributed by atoms with Crippen molar-refractivity contribution in [2.24, 2.45) is 0 Å². The van der Waals surface area contributed by atoms with Crippen LogP contribution in [0.2, 0.25) is 0 Å². The van der Waals surface area contributed by atoms with Crippen molar-refractivity contribution in [1.82, 2.24) is 10.3 Å². The smallest absolute Gasteiger partial charge is 0.189 e. The number of ether oxygens (including phenoxy) is 3. The second kappa shape index (κ2) is 6.82. The average molecular weight is 324 g/mol. The zero-order chi connectivity index (χ0) is 16.4. The van der Waals surface area contributed by atoms with E-state index in [4.69, 9.17) is 14.2 Å². The molecule has 2 N–H and O–H groups in total. The number of aromatic nitrogens is 1. The molecule has 6 nitrogen and oxygen atoms in total. The van der Waals surface area contributed by atoms with E-state index in [-0.39, 0.29) is 18.0 Å². The fourth-order valence-electron chi connectivity index (χ4n) is 2.69. The average Bonchev–Trinajstić information content (AvgIpc) is 2.84. The molecule has 0 saturated carbocycles. The van der Waals surface area contributed by atoms with Crippen LogP contribution in [0, 0.1) is 12.7 Å². The van der Waals surface area contributed by atoms with Crippen LogP contribution in [0.15, 0.2) is 11.9 Å². The summed E-state index contributed by atoms with van der Waals surface area (Å²) in [5.41, 5.74) is 1.89. The third-order valence-electron chi connectivity index (χ3n) is 4.01. The summed E-state index contributed by atoms with van der Waals surface area (Å²) >= 11 is 0. The Morgan fingerprint density at radius 2 is 2.30 bits per heavy atom. The predicted molar refractivity (Wildman–Crippen MR) is 80.9 cm³/mol. The number of aryl methyl sites for hydroxylation is 1. The molecule has 1 unspecified atom stereocenters. The first-order chi connectivity index (χ1) is 11.0. The van der Waals surface area contributed by atoms with Gasteiger partial charge in [0, 0.05) is 18.2 Å². The highest BCUT2D eigenvalue weighted by Crippen LogP contribution is 2.20. The van der Waals surface area contributed by atoms with Gasteiger partial charge in [0.05, 0.1) is 30.7 Å². The Kier molecular flexibility index (Phi) is 4.79. The van der Waals surface area contributed by atoms with Crippen LogP contribution in [0.1, 0.15) is 23.9 Å². The molecular formula is C16H21FN2O4. The van der Waals surface area contributed by atoms with Crippen LogP contribution in [-0.2, 0) is 20.8 Å². The molecule has 0 aromatic carbocycles. The Balaban J connectivity index is 1.51. The third-order valence-corrected chi connectivity index (χ3v) is 4.01. The highest BCUT2D eigenvalue weighted by Gasteiger charge is 2.33. The number of fused-ring (bicyclic) bond motifs is 1. The van der Waals surface area contributed by atoms with Gasteiger partial charge in [-0.15, -0.1) is 0 Å². The second-order valence-electron chi connectivity index (χ2n) is 5.75. The first-order valence-electron chi connectivity index (χ1n) is 7.70. The summed E-state index contributed by atoms with van der Waals surface area (Å²) in [7, 11) is 0. The fraction of sp³-hybridized carbons (Fsp3) is 0.562. The van der Waals surface area contributed by atoms with Crippen LogP contribution in [0.25, 0.3) is 6.08 Å². The molecule has 3 rings (SSSR count). The number of aliphatic hydroxyl groups excluding tert-OH is 1. The van der Waals surface area contributed by atoms with Crippen molar-refractivity contribution in [2.45, 2.75) is 38.7 Å². The molecule has 2 aliphatic heterocycles.